The summed E-state index contributed by atoms with van der Waals surface area (Å²) in [6, 6.07) is 18.0. The van der Waals surface area contributed by atoms with Crippen molar-refractivity contribution in [3.05, 3.63) is 77.5 Å². The molecule has 3 aliphatic rings. The number of rotatable bonds is 7. The van der Waals surface area contributed by atoms with Crippen molar-refractivity contribution in [1.82, 2.24) is 9.88 Å². The third kappa shape index (κ3) is 4.17. The highest BCUT2D eigenvalue weighted by Crippen LogP contribution is 2.51. The monoisotopic (exact) mass is 485 g/mol. The zero-order valence-electron chi connectivity index (χ0n) is 20.5. The quantitative estimate of drug-likeness (QED) is 0.504. The van der Waals surface area contributed by atoms with E-state index in [0.29, 0.717) is 11.6 Å². The highest BCUT2D eigenvalue weighted by atomic mass is 16.7. The summed E-state index contributed by atoms with van der Waals surface area (Å²) in [6.45, 7) is 2.31. The maximum atomic E-state index is 13.3. The first-order valence-electron chi connectivity index (χ1n) is 12.7. The van der Waals surface area contributed by atoms with Gasteiger partial charge in [0.05, 0.1) is 18.6 Å². The Balaban J connectivity index is 1.23. The standard InChI is InChI=1S/C29H31N3O4/c1-34-23-8-4-3-7-22(23)27(32-15-5-2-6-16-32)20-9-12-26(30-18-20)31-28(33)29(13-14-29)21-10-11-24-25(17-21)36-19-35-24/h3-4,7-12,17-18,27H,2,5-6,13-16,19H2,1H3,(H,30,31,33). The van der Waals surface area contributed by atoms with E-state index in [1.165, 1.54) is 19.3 Å². The van der Waals surface area contributed by atoms with Crippen LogP contribution in [-0.4, -0.2) is 42.8 Å². The molecule has 1 aliphatic carbocycles. The highest BCUT2D eigenvalue weighted by Gasteiger charge is 2.51. The molecule has 1 amide bonds. The lowest BCUT2D eigenvalue weighted by Crippen LogP contribution is -2.34. The summed E-state index contributed by atoms with van der Waals surface area (Å²) < 4.78 is 16.6. The van der Waals surface area contributed by atoms with Gasteiger partial charge in [0.25, 0.3) is 0 Å². The van der Waals surface area contributed by atoms with Crippen LogP contribution in [0.5, 0.6) is 17.2 Å². The Morgan fingerprint density at radius 1 is 1.03 bits per heavy atom. The predicted octanol–water partition coefficient (Wildman–Crippen LogP) is 5.06. The topological polar surface area (TPSA) is 72.9 Å². The van der Waals surface area contributed by atoms with Gasteiger partial charge in [0.1, 0.15) is 11.6 Å². The lowest BCUT2D eigenvalue weighted by atomic mass is 9.94. The van der Waals surface area contributed by atoms with Crippen LogP contribution in [0.15, 0.2) is 60.8 Å². The van der Waals surface area contributed by atoms with Gasteiger partial charge in [-0.25, -0.2) is 4.98 Å². The van der Waals surface area contributed by atoms with Gasteiger partial charge < -0.3 is 19.5 Å². The average molecular weight is 486 g/mol. The number of para-hydroxylation sites is 1. The first-order chi connectivity index (χ1) is 17.7. The molecule has 186 valence electrons. The molecule has 36 heavy (non-hydrogen) atoms. The van der Waals surface area contributed by atoms with E-state index in [-0.39, 0.29) is 18.7 Å². The van der Waals surface area contributed by atoms with Crippen molar-refractivity contribution in [1.29, 1.82) is 0 Å². The summed E-state index contributed by atoms with van der Waals surface area (Å²) in [5.41, 5.74) is 2.66. The Hall–Kier alpha value is -3.58. The number of hydrogen-bond donors (Lipinski definition) is 1. The molecule has 2 aromatic carbocycles. The lowest BCUT2D eigenvalue weighted by Gasteiger charge is -2.35. The molecule has 7 nitrogen and oxygen atoms in total. The maximum absolute atomic E-state index is 13.3. The molecule has 2 aliphatic heterocycles. The van der Waals surface area contributed by atoms with Crippen molar-refractivity contribution in [2.24, 2.45) is 0 Å². The van der Waals surface area contributed by atoms with Crippen molar-refractivity contribution in [3.63, 3.8) is 0 Å². The van der Waals surface area contributed by atoms with Crippen LogP contribution in [0.4, 0.5) is 5.82 Å². The summed E-state index contributed by atoms with van der Waals surface area (Å²) in [4.78, 5) is 20.5. The molecular formula is C29H31N3O4. The largest absolute Gasteiger partial charge is 0.496 e. The number of nitrogens with one attached hydrogen (secondary N) is 1. The van der Waals surface area contributed by atoms with Gasteiger partial charge in [0, 0.05) is 11.8 Å². The predicted molar refractivity (Wildman–Crippen MR) is 137 cm³/mol. The van der Waals surface area contributed by atoms with Crippen LogP contribution in [0.25, 0.3) is 0 Å². The molecule has 1 N–H and O–H groups in total. The fourth-order valence-electron chi connectivity index (χ4n) is 5.50. The minimum atomic E-state index is -0.533. The number of nitrogens with zero attached hydrogens (tertiary/aromatic N) is 2. The van der Waals surface area contributed by atoms with Crippen molar-refractivity contribution in [2.75, 3.05) is 32.3 Å². The molecule has 6 rings (SSSR count). The molecule has 1 saturated heterocycles. The molecule has 3 aromatic rings. The number of likely N-dealkylation sites (tertiary alicyclic amines) is 1. The number of methoxy groups -OCH3 is 1. The number of carbonyl (C=O) groups excluding carboxylic acids is 1. The first-order valence-corrected chi connectivity index (χ1v) is 12.7. The van der Waals surface area contributed by atoms with Crippen LogP contribution in [-0.2, 0) is 10.2 Å². The van der Waals surface area contributed by atoms with Crippen LogP contribution < -0.4 is 19.5 Å². The van der Waals surface area contributed by atoms with Gasteiger partial charge in [-0.1, -0.05) is 36.8 Å². The number of aromatic nitrogens is 1. The van der Waals surface area contributed by atoms with Gasteiger partial charge in [-0.3, -0.25) is 9.69 Å². The van der Waals surface area contributed by atoms with E-state index in [0.717, 1.165) is 54.1 Å². The van der Waals surface area contributed by atoms with E-state index in [1.54, 1.807) is 7.11 Å². The fraction of sp³-hybridized carbons (Fsp3) is 0.379. The van der Waals surface area contributed by atoms with E-state index in [4.69, 9.17) is 14.2 Å². The average Bonchev–Trinajstić information content (AvgIpc) is 3.61. The van der Waals surface area contributed by atoms with Gasteiger partial charge in [0.2, 0.25) is 12.7 Å². The van der Waals surface area contributed by atoms with E-state index in [9.17, 15) is 4.79 Å². The second kappa shape index (κ2) is 9.47. The summed E-state index contributed by atoms with van der Waals surface area (Å²) in [5, 5.41) is 3.06. The number of ether oxygens (including phenoxy) is 3. The van der Waals surface area contributed by atoms with Crippen molar-refractivity contribution in [2.45, 2.75) is 43.6 Å². The van der Waals surface area contributed by atoms with Crippen LogP contribution in [0.2, 0.25) is 0 Å². The molecule has 3 heterocycles. The Labute approximate surface area is 211 Å². The SMILES string of the molecule is COc1ccccc1C(c1ccc(NC(=O)C2(c3ccc4c(c3)OCO4)CC2)nc1)N1CCCCC1. The summed E-state index contributed by atoms with van der Waals surface area (Å²) >= 11 is 0. The highest BCUT2D eigenvalue weighted by molar-refractivity contribution is 6.01. The number of carbonyl (C=O) groups is 1. The first kappa shape index (κ1) is 22.9. The zero-order valence-corrected chi connectivity index (χ0v) is 20.5. The number of pyridine rings is 1. The van der Waals surface area contributed by atoms with Gasteiger partial charge in [-0.2, -0.15) is 0 Å². The van der Waals surface area contributed by atoms with E-state index in [2.05, 4.69) is 33.4 Å². The lowest BCUT2D eigenvalue weighted by molar-refractivity contribution is -0.118. The summed E-state index contributed by atoms with van der Waals surface area (Å²) in [5.74, 6) is 2.84. The third-order valence-electron chi connectivity index (χ3n) is 7.64. The van der Waals surface area contributed by atoms with E-state index in [1.807, 2.05) is 42.6 Å². The van der Waals surface area contributed by atoms with Crippen LogP contribution in [0.1, 0.15) is 54.8 Å². The minimum Gasteiger partial charge on any atom is -0.496 e. The summed E-state index contributed by atoms with van der Waals surface area (Å²) in [7, 11) is 1.72. The number of piperidine rings is 1. The van der Waals surface area contributed by atoms with Gasteiger partial charge in [-0.05, 0) is 74.2 Å². The number of fused-ring (bicyclic) bond motifs is 1. The van der Waals surface area contributed by atoms with Crippen molar-refractivity contribution >= 4 is 11.7 Å². The molecule has 0 spiro atoms. The van der Waals surface area contributed by atoms with Crippen LogP contribution in [0.3, 0.4) is 0 Å². The van der Waals surface area contributed by atoms with Crippen LogP contribution in [0, 0.1) is 0 Å². The Bertz CT molecular complexity index is 1250. The number of amides is 1. The molecule has 0 bridgehead atoms. The number of hydrogen-bond acceptors (Lipinski definition) is 6. The molecule has 0 radical (unpaired) electrons. The van der Waals surface area contributed by atoms with Gasteiger partial charge >= 0.3 is 0 Å². The maximum Gasteiger partial charge on any atom is 0.236 e. The molecule has 1 aromatic heterocycles. The zero-order chi connectivity index (χ0) is 24.5. The Morgan fingerprint density at radius 2 is 1.83 bits per heavy atom. The van der Waals surface area contributed by atoms with Gasteiger partial charge in [-0.15, -0.1) is 0 Å². The second-order valence-corrected chi connectivity index (χ2v) is 9.82. The fourth-order valence-corrected chi connectivity index (χ4v) is 5.50. The number of anilines is 1. The van der Waals surface area contributed by atoms with E-state index < -0.39 is 5.41 Å². The smallest absolute Gasteiger partial charge is 0.236 e. The van der Waals surface area contributed by atoms with Gasteiger partial charge in [0.15, 0.2) is 11.5 Å². The molecule has 1 unspecified atom stereocenters. The molecule has 1 saturated carbocycles. The molecule has 2 fully saturated rings. The number of benzene rings is 2. The second-order valence-electron chi connectivity index (χ2n) is 9.82. The van der Waals surface area contributed by atoms with Crippen molar-refractivity contribution < 1.29 is 19.0 Å². The minimum absolute atomic E-state index is 0.0288. The molecule has 1 atom stereocenters. The Morgan fingerprint density at radius 3 is 2.58 bits per heavy atom. The van der Waals surface area contributed by atoms with Crippen molar-refractivity contribution in [3.8, 4) is 17.2 Å². The van der Waals surface area contributed by atoms with E-state index >= 15 is 0 Å². The van der Waals surface area contributed by atoms with Crippen LogP contribution >= 0.6 is 0 Å². The molecular weight excluding hydrogens is 454 g/mol. The normalized spacial score (nSPS) is 18.9. The third-order valence-corrected chi connectivity index (χ3v) is 7.64. The molecule has 7 heteroatoms. The summed E-state index contributed by atoms with van der Waals surface area (Å²) in [6.07, 6.45) is 7.15. The Kier molecular flexibility index (Phi) is 6.01.